The molecule has 23 heavy (non-hydrogen) atoms. The van der Waals surface area contributed by atoms with E-state index in [1.807, 2.05) is 30.3 Å². The standard InChI is InChI=1S/C18H18O3S2/c1-21-18(22)23-16(11-12-17(19)20)15-9-7-14(8-10-15)13-5-3-2-4-6-13/h2-10,16H,11-12H2,1H3,(H,19,20). The van der Waals surface area contributed by atoms with Gasteiger partial charge in [-0.25, -0.2) is 0 Å². The fourth-order valence-corrected chi connectivity index (χ4v) is 3.44. The molecule has 0 aliphatic rings. The van der Waals surface area contributed by atoms with Crippen LogP contribution in [0, 0.1) is 0 Å². The SMILES string of the molecule is COC(=S)SC(CCC(=O)O)c1ccc(-c2ccccc2)cc1. The lowest BCUT2D eigenvalue weighted by atomic mass is 10.0. The van der Waals surface area contributed by atoms with Gasteiger partial charge in [0.15, 0.2) is 0 Å². The van der Waals surface area contributed by atoms with Crippen molar-refractivity contribution in [3.63, 3.8) is 0 Å². The first-order chi connectivity index (χ1) is 11.1. The van der Waals surface area contributed by atoms with Gasteiger partial charge in [-0.2, -0.15) is 0 Å². The van der Waals surface area contributed by atoms with Crippen molar-refractivity contribution in [2.24, 2.45) is 0 Å². The molecule has 0 amide bonds. The molecule has 2 aromatic carbocycles. The molecule has 0 aliphatic carbocycles. The van der Waals surface area contributed by atoms with Crippen LogP contribution in [0.5, 0.6) is 0 Å². The van der Waals surface area contributed by atoms with Crippen LogP contribution in [0.3, 0.4) is 0 Å². The molecule has 1 unspecified atom stereocenters. The van der Waals surface area contributed by atoms with Gasteiger partial charge in [-0.05, 0) is 35.3 Å². The zero-order valence-corrected chi connectivity index (χ0v) is 14.4. The number of thiocarbonyl (C=S) groups is 1. The Kier molecular flexibility index (Phi) is 6.62. The van der Waals surface area contributed by atoms with Crippen molar-refractivity contribution < 1.29 is 14.6 Å². The normalized spacial score (nSPS) is 11.7. The Balaban J connectivity index is 2.17. The highest BCUT2D eigenvalue weighted by Gasteiger charge is 2.17. The third-order valence-electron chi connectivity index (χ3n) is 3.42. The molecular weight excluding hydrogens is 328 g/mol. The summed E-state index contributed by atoms with van der Waals surface area (Å²) >= 11 is 6.49. The highest BCUT2D eigenvalue weighted by Crippen LogP contribution is 2.35. The summed E-state index contributed by atoms with van der Waals surface area (Å²) in [5.41, 5.74) is 3.34. The van der Waals surface area contributed by atoms with Gasteiger partial charge in [-0.3, -0.25) is 4.79 Å². The highest BCUT2D eigenvalue weighted by molar-refractivity contribution is 8.22. The molecule has 0 spiro atoms. The van der Waals surface area contributed by atoms with E-state index in [-0.39, 0.29) is 11.7 Å². The van der Waals surface area contributed by atoms with Gasteiger partial charge in [0.05, 0.1) is 7.11 Å². The highest BCUT2D eigenvalue weighted by atomic mass is 32.2. The fraction of sp³-hybridized carbons (Fsp3) is 0.222. The van der Waals surface area contributed by atoms with Crippen LogP contribution in [0.1, 0.15) is 23.7 Å². The summed E-state index contributed by atoms with van der Waals surface area (Å²) in [7, 11) is 1.53. The minimum atomic E-state index is -0.806. The first kappa shape index (κ1) is 17.5. The molecule has 120 valence electrons. The van der Waals surface area contributed by atoms with E-state index < -0.39 is 5.97 Å². The molecule has 0 aromatic heterocycles. The van der Waals surface area contributed by atoms with Crippen molar-refractivity contribution >= 4 is 34.3 Å². The zero-order chi connectivity index (χ0) is 16.7. The van der Waals surface area contributed by atoms with Crippen LogP contribution >= 0.6 is 24.0 Å². The molecule has 2 aromatic rings. The average Bonchev–Trinajstić information content (AvgIpc) is 2.59. The van der Waals surface area contributed by atoms with E-state index in [2.05, 4.69) is 24.3 Å². The predicted molar refractivity (Wildman–Crippen MR) is 98.7 cm³/mol. The molecule has 0 saturated carbocycles. The number of methoxy groups -OCH3 is 1. The number of hydrogen-bond acceptors (Lipinski definition) is 4. The van der Waals surface area contributed by atoms with Gasteiger partial charge in [0.25, 0.3) is 0 Å². The Hall–Kier alpha value is -1.85. The molecule has 1 atom stereocenters. The number of benzene rings is 2. The van der Waals surface area contributed by atoms with Crippen molar-refractivity contribution in [3.05, 3.63) is 60.2 Å². The third-order valence-corrected chi connectivity index (χ3v) is 5.02. The number of carbonyl (C=O) groups is 1. The molecule has 1 N–H and O–H groups in total. The Labute approximate surface area is 145 Å². The van der Waals surface area contributed by atoms with Crippen LogP contribution in [0.15, 0.2) is 54.6 Å². The Morgan fingerprint density at radius 3 is 2.30 bits per heavy atom. The zero-order valence-electron chi connectivity index (χ0n) is 12.8. The van der Waals surface area contributed by atoms with Crippen molar-refractivity contribution in [1.82, 2.24) is 0 Å². The number of thioether (sulfide) groups is 1. The Morgan fingerprint density at radius 1 is 1.13 bits per heavy atom. The fourth-order valence-electron chi connectivity index (χ4n) is 2.23. The van der Waals surface area contributed by atoms with E-state index in [4.69, 9.17) is 22.1 Å². The second-order valence-electron chi connectivity index (χ2n) is 4.98. The molecule has 0 saturated heterocycles. The smallest absolute Gasteiger partial charge is 0.303 e. The molecule has 0 aliphatic heterocycles. The van der Waals surface area contributed by atoms with Gasteiger partial charge >= 0.3 is 5.97 Å². The lowest BCUT2D eigenvalue weighted by Gasteiger charge is -2.16. The summed E-state index contributed by atoms with van der Waals surface area (Å²) in [6, 6.07) is 18.3. The number of rotatable bonds is 6. The monoisotopic (exact) mass is 346 g/mol. The lowest BCUT2D eigenvalue weighted by molar-refractivity contribution is -0.137. The van der Waals surface area contributed by atoms with E-state index in [0.717, 1.165) is 16.7 Å². The van der Waals surface area contributed by atoms with E-state index in [9.17, 15) is 4.79 Å². The molecule has 2 rings (SSSR count). The maximum Gasteiger partial charge on any atom is 0.303 e. The van der Waals surface area contributed by atoms with Crippen molar-refractivity contribution in [1.29, 1.82) is 0 Å². The summed E-state index contributed by atoms with van der Waals surface area (Å²) in [5.74, 6) is -0.806. The molecule has 3 nitrogen and oxygen atoms in total. The summed E-state index contributed by atoms with van der Waals surface area (Å²) in [6.07, 6.45) is 0.610. The summed E-state index contributed by atoms with van der Waals surface area (Å²) < 4.78 is 5.47. The number of hydrogen-bond donors (Lipinski definition) is 1. The number of carboxylic acids is 1. The van der Waals surface area contributed by atoms with Gasteiger partial charge < -0.3 is 9.84 Å². The molecule has 0 radical (unpaired) electrons. The largest absolute Gasteiger partial charge is 0.482 e. The van der Waals surface area contributed by atoms with Gasteiger partial charge in [0.2, 0.25) is 4.38 Å². The van der Waals surface area contributed by atoms with Crippen LogP contribution in [0.2, 0.25) is 0 Å². The first-order valence-electron chi connectivity index (χ1n) is 7.22. The van der Waals surface area contributed by atoms with E-state index in [1.54, 1.807) is 0 Å². The maximum absolute atomic E-state index is 10.9. The van der Waals surface area contributed by atoms with Gasteiger partial charge in [0.1, 0.15) is 0 Å². The average molecular weight is 346 g/mol. The molecule has 0 heterocycles. The third kappa shape index (κ3) is 5.37. The number of ether oxygens (including phenoxy) is 1. The minimum absolute atomic E-state index is 0.0247. The maximum atomic E-state index is 10.9. The quantitative estimate of drug-likeness (QED) is 0.752. The van der Waals surface area contributed by atoms with Crippen molar-refractivity contribution in [2.45, 2.75) is 18.1 Å². The first-order valence-corrected chi connectivity index (χ1v) is 8.50. The summed E-state index contributed by atoms with van der Waals surface area (Å²) in [6.45, 7) is 0. The van der Waals surface area contributed by atoms with Crippen LogP contribution < -0.4 is 0 Å². The van der Waals surface area contributed by atoms with Crippen LogP contribution in [-0.2, 0) is 9.53 Å². The summed E-state index contributed by atoms with van der Waals surface area (Å²) in [4.78, 5) is 10.9. The topological polar surface area (TPSA) is 46.5 Å². The molecular formula is C18H18O3S2. The Bertz CT molecular complexity index is 654. The van der Waals surface area contributed by atoms with Gasteiger partial charge in [-0.1, -0.05) is 66.4 Å². The molecule has 0 bridgehead atoms. The van der Waals surface area contributed by atoms with Gasteiger partial charge in [-0.15, -0.1) is 0 Å². The predicted octanol–water partition coefficient (Wildman–Crippen LogP) is 4.92. The van der Waals surface area contributed by atoms with Gasteiger partial charge in [0, 0.05) is 11.7 Å². The van der Waals surface area contributed by atoms with Crippen molar-refractivity contribution in [2.75, 3.05) is 7.11 Å². The van der Waals surface area contributed by atoms with E-state index >= 15 is 0 Å². The second-order valence-corrected chi connectivity index (χ2v) is 6.79. The van der Waals surface area contributed by atoms with Crippen molar-refractivity contribution in [3.8, 4) is 11.1 Å². The van der Waals surface area contributed by atoms with Crippen LogP contribution in [-0.4, -0.2) is 22.6 Å². The molecule has 0 fully saturated rings. The minimum Gasteiger partial charge on any atom is -0.482 e. The Morgan fingerprint density at radius 2 is 1.74 bits per heavy atom. The lowest BCUT2D eigenvalue weighted by Crippen LogP contribution is -2.04. The van der Waals surface area contributed by atoms with Crippen LogP contribution in [0.25, 0.3) is 11.1 Å². The number of aliphatic carboxylic acids is 1. The second kappa shape index (κ2) is 8.70. The summed E-state index contributed by atoms with van der Waals surface area (Å²) in [5, 5.41) is 8.90. The van der Waals surface area contributed by atoms with E-state index in [0.29, 0.717) is 10.8 Å². The number of carboxylic acid groups (broad SMARTS) is 1. The van der Waals surface area contributed by atoms with Crippen LogP contribution in [0.4, 0.5) is 0 Å². The molecule has 5 heteroatoms. The van der Waals surface area contributed by atoms with E-state index in [1.165, 1.54) is 18.9 Å².